The van der Waals surface area contributed by atoms with Crippen LogP contribution in [-0.4, -0.2) is 28.4 Å². The third kappa shape index (κ3) is 4.28. The van der Waals surface area contributed by atoms with Crippen molar-refractivity contribution in [1.29, 1.82) is 0 Å². The van der Waals surface area contributed by atoms with E-state index in [0.717, 1.165) is 18.8 Å². The predicted octanol–water partition coefficient (Wildman–Crippen LogP) is 1.22. The fourth-order valence-corrected chi connectivity index (χ4v) is 1.16. The molecule has 4 nitrogen and oxygen atoms in total. The molecule has 0 radical (unpaired) electrons. The normalized spacial score (nSPS) is 11.7. The van der Waals surface area contributed by atoms with Crippen molar-refractivity contribution in [3.05, 3.63) is 12.4 Å². The first kappa shape index (κ1) is 11.0. The second-order valence-electron chi connectivity index (χ2n) is 4.51. The summed E-state index contributed by atoms with van der Waals surface area (Å²) in [6, 6.07) is 0. The van der Waals surface area contributed by atoms with E-state index < -0.39 is 0 Å². The molecule has 0 aliphatic heterocycles. The highest BCUT2D eigenvalue weighted by atomic mass is 15.3. The second kappa shape index (κ2) is 4.46. The lowest BCUT2D eigenvalue weighted by Gasteiger charge is -2.20. The Hall–Kier alpha value is -1.03. The first-order valence-corrected chi connectivity index (χ1v) is 4.95. The van der Waals surface area contributed by atoms with Gasteiger partial charge in [-0.15, -0.1) is 0 Å². The van der Waals surface area contributed by atoms with Gasteiger partial charge in [0.05, 0.1) is 11.9 Å². The van der Waals surface area contributed by atoms with Gasteiger partial charge in [-0.05, 0) is 20.8 Å². The van der Waals surface area contributed by atoms with Crippen LogP contribution in [0.15, 0.2) is 12.4 Å². The third-order valence-electron chi connectivity index (χ3n) is 1.81. The summed E-state index contributed by atoms with van der Waals surface area (Å²) in [4.78, 5) is 0. The minimum absolute atomic E-state index is 0.191. The number of hydrogen-bond acceptors (Lipinski definition) is 3. The van der Waals surface area contributed by atoms with Gasteiger partial charge in [0.15, 0.2) is 0 Å². The van der Waals surface area contributed by atoms with Crippen LogP contribution in [-0.2, 0) is 7.05 Å². The second-order valence-corrected chi connectivity index (χ2v) is 4.51. The lowest BCUT2D eigenvalue weighted by Crippen LogP contribution is -2.38. The number of nitrogens with one attached hydrogen (secondary N) is 2. The van der Waals surface area contributed by atoms with Gasteiger partial charge in [0.25, 0.3) is 0 Å². The molecule has 0 bridgehead atoms. The minimum Gasteiger partial charge on any atom is -0.381 e. The van der Waals surface area contributed by atoms with Crippen LogP contribution in [0.3, 0.4) is 0 Å². The summed E-state index contributed by atoms with van der Waals surface area (Å²) in [5.41, 5.74) is 1.26. The van der Waals surface area contributed by atoms with Gasteiger partial charge in [-0.3, -0.25) is 4.68 Å². The molecule has 0 atom stereocenters. The molecule has 80 valence electrons. The summed E-state index contributed by atoms with van der Waals surface area (Å²) in [5, 5.41) is 10.8. The molecule has 0 aliphatic carbocycles. The molecule has 0 amide bonds. The monoisotopic (exact) mass is 196 g/mol. The van der Waals surface area contributed by atoms with Gasteiger partial charge < -0.3 is 10.6 Å². The summed E-state index contributed by atoms with van der Waals surface area (Å²) in [7, 11) is 1.92. The van der Waals surface area contributed by atoms with Gasteiger partial charge in [0.1, 0.15) is 0 Å². The number of hydrogen-bond donors (Lipinski definition) is 2. The minimum atomic E-state index is 0.191. The SMILES string of the molecule is Cn1cc(NCCNC(C)(C)C)cn1. The molecule has 14 heavy (non-hydrogen) atoms. The average Bonchev–Trinajstić information content (AvgIpc) is 2.44. The molecule has 0 saturated carbocycles. The summed E-state index contributed by atoms with van der Waals surface area (Å²) in [5.74, 6) is 0. The molecule has 1 heterocycles. The molecule has 0 spiro atoms. The van der Waals surface area contributed by atoms with Gasteiger partial charge in [-0.1, -0.05) is 0 Å². The number of aryl methyl sites for hydroxylation is 1. The molecule has 0 fully saturated rings. The van der Waals surface area contributed by atoms with Crippen molar-refractivity contribution in [2.45, 2.75) is 26.3 Å². The fraction of sp³-hybridized carbons (Fsp3) is 0.700. The highest BCUT2D eigenvalue weighted by Crippen LogP contribution is 2.02. The molecule has 1 rings (SSSR count). The summed E-state index contributed by atoms with van der Waals surface area (Å²) in [6.07, 6.45) is 3.80. The number of rotatable bonds is 4. The Morgan fingerprint density at radius 3 is 2.57 bits per heavy atom. The van der Waals surface area contributed by atoms with Crippen LogP contribution in [0.4, 0.5) is 5.69 Å². The van der Waals surface area contributed by atoms with Crippen molar-refractivity contribution < 1.29 is 0 Å². The first-order valence-electron chi connectivity index (χ1n) is 4.95. The lowest BCUT2D eigenvalue weighted by atomic mass is 10.1. The van der Waals surface area contributed by atoms with E-state index in [9.17, 15) is 0 Å². The van der Waals surface area contributed by atoms with E-state index in [2.05, 4.69) is 36.5 Å². The summed E-state index contributed by atoms with van der Waals surface area (Å²) in [6.45, 7) is 8.37. The van der Waals surface area contributed by atoms with Gasteiger partial charge in [-0.25, -0.2) is 0 Å². The maximum absolute atomic E-state index is 4.08. The molecule has 0 unspecified atom stereocenters. The van der Waals surface area contributed by atoms with Crippen LogP contribution in [0.25, 0.3) is 0 Å². The van der Waals surface area contributed by atoms with Gasteiger partial charge in [-0.2, -0.15) is 5.10 Å². The predicted molar refractivity (Wildman–Crippen MR) is 59.5 cm³/mol. The number of anilines is 1. The largest absolute Gasteiger partial charge is 0.381 e. The smallest absolute Gasteiger partial charge is 0.0726 e. The summed E-state index contributed by atoms with van der Waals surface area (Å²) < 4.78 is 1.79. The highest BCUT2D eigenvalue weighted by Gasteiger charge is 2.06. The number of nitrogens with zero attached hydrogens (tertiary/aromatic N) is 2. The zero-order valence-corrected chi connectivity index (χ0v) is 9.46. The third-order valence-corrected chi connectivity index (χ3v) is 1.81. The van der Waals surface area contributed by atoms with E-state index in [0.29, 0.717) is 0 Å². The van der Waals surface area contributed by atoms with Crippen molar-refractivity contribution in [2.75, 3.05) is 18.4 Å². The van der Waals surface area contributed by atoms with E-state index in [1.54, 1.807) is 4.68 Å². The maximum Gasteiger partial charge on any atom is 0.0726 e. The first-order chi connectivity index (χ1) is 6.47. The van der Waals surface area contributed by atoms with Gasteiger partial charge in [0.2, 0.25) is 0 Å². The Morgan fingerprint density at radius 1 is 1.36 bits per heavy atom. The lowest BCUT2D eigenvalue weighted by molar-refractivity contribution is 0.435. The van der Waals surface area contributed by atoms with Crippen molar-refractivity contribution in [3.63, 3.8) is 0 Å². The Labute approximate surface area is 85.7 Å². The van der Waals surface area contributed by atoms with Crippen LogP contribution in [0.2, 0.25) is 0 Å². The van der Waals surface area contributed by atoms with Gasteiger partial charge >= 0.3 is 0 Å². The highest BCUT2D eigenvalue weighted by molar-refractivity contribution is 5.37. The van der Waals surface area contributed by atoms with E-state index in [4.69, 9.17) is 0 Å². The van der Waals surface area contributed by atoms with Crippen molar-refractivity contribution in [1.82, 2.24) is 15.1 Å². The van der Waals surface area contributed by atoms with Gasteiger partial charge in [0, 0.05) is 31.9 Å². The topological polar surface area (TPSA) is 41.9 Å². The van der Waals surface area contributed by atoms with Crippen LogP contribution >= 0.6 is 0 Å². The van der Waals surface area contributed by atoms with E-state index in [-0.39, 0.29) is 5.54 Å². The van der Waals surface area contributed by atoms with Crippen LogP contribution in [0, 0.1) is 0 Å². The zero-order chi connectivity index (χ0) is 10.6. The molecule has 1 aromatic heterocycles. The van der Waals surface area contributed by atoms with Crippen LogP contribution < -0.4 is 10.6 Å². The quantitative estimate of drug-likeness (QED) is 0.711. The van der Waals surface area contributed by atoms with E-state index in [1.165, 1.54) is 0 Å². The van der Waals surface area contributed by atoms with E-state index >= 15 is 0 Å². The molecular formula is C10H20N4. The standard InChI is InChI=1S/C10H20N4/c1-10(2,3)12-6-5-11-9-7-13-14(4)8-9/h7-8,11-12H,5-6H2,1-4H3. The molecule has 0 saturated heterocycles. The molecule has 0 aromatic carbocycles. The zero-order valence-electron chi connectivity index (χ0n) is 9.46. The van der Waals surface area contributed by atoms with Crippen LogP contribution in [0.1, 0.15) is 20.8 Å². The number of aromatic nitrogens is 2. The fourth-order valence-electron chi connectivity index (χ4n) is 1.16. The molecular weight excluding hydrogens is 176 g/mol. The van der Waals surface area contributed by atoms with Crippen LogP contribution in [0.5, 0.6) is 0 Å². The molecule has 1 aromatic rings. The molecule has 4 heteroatoms. The molecule has 2 N–H and O–H groups in total. The maximum atomic E-state index is 4.08. The Kier molecular flexibility index (Phi) is 3.52. The Bertz CT molecular complexity index is 272. The van der Waals surface area contributed by atoms with Crippen molar-refractivity contribution >= 4 is 5.69 Å². The average molecular weight is 196 g/mol. The van der Waals surface area contributed by atoms with Crippen molar-refractivity contribution in [2.24, 2.45) is 7.05 Å². The Balaban J connectivity index is 2.16. The molecule has 0 aliphatic rings. The Morgan fingerprint density at radius 2 is 2.07 bits per heavy atom. The van der Waals surface area contributed by atoms with E-state index in [1.807, 2.05) is 19.4 Å². The summed E-state index contributed by atoms with van der Waals surface area (Å²) >= 11 is 0. The van der Waals surface area contributed by atoms with Crippen molar-refractivity contribution in [3.8, 4) is 0 Å².